The lowest BCUT2D eigenvalue weighted by atomic mass is 9.97. The van der Waals surface area contributed by atoms with E-state index in [0.29, 0.717) is 24.1 Å². The molecule has 1 N–H and O–H groups in total. The molecule has 0 amide bonds. The molecule has 0 saturated carbocycles. The molecule has 0 aromatic heterocycles. The molecule has 0 spiro atoms. The first-order valence-electron chi connectivity index (χ1n) is 5.91. The van der Waals surface area contributed by atoms with Crippen molar-refractivity contribution in [2.45, 2.75) is 39.7 Å². The van der Waals surface area contributed by atoms with Crippen molar-refractivity contribution in [2.24, 2.45) is 5.92 Å². The first-order chi connectivity index (χ1) is 7.54. The van der Waals surface area contributed by atoms with Gasteiger partial charge in [-0.05, 0) is 37.5 Å². The van der Waals surface area contributed by atoms with E-state index in [4.69, 9.17) is 4.74 Å². The van der Waals surface area contributed by atoms with Crippen LogP contribution in [0.5, 0.6) is 0 Å². The Hall–Kier alpha value is -0.830. The Balaban J connectivity index is 2.60. The zero-order valence-electron chi connectivity index (χ0n) is 10.6. The number of ether oxygens (including phenoxy) is 1. The number of halogens is 1. The minimum atomic E-state index is -0.137. The van der Waals surface area contributed by atoms with Crippen LogP contribution in [-0.2, 0) is 4.74 Å². The van der Waals surface area contributed by atoms with Gasteiger partial charge in [0.1, 0.15) is 11.6 Å². The van der Waals surface area contributed by atoms with Gasteiger partial charge in [-0.25, -0.2) is 4.39 Å². The summed E-state index contributed by atoms with van der Waals surface area (Å²) in [5.41, 5.74) is 1.22. The molecule has 92 valence electrons. The zero-order valence-corrected chi connectivity index (χ0v) is 10.6. The predicted molar refractivity (Wildman–Crippen MR) is 64.8 cm³/mol. The average molecular weight is 227 g/mol. The van der Waals surface area contributed by atoms with Gasteiger partial charge in [-0.1, -0.05) is 13.8 Å². The molecule has 0 unspecified atom stereocenters. The highest BCUT2D eigenvalue weighted by atomic mass is 19.1. The summed E-state index contributed by atoms with van der Waals surface area (Å²) >= 11 is 0. The van der Waals surface area contributed by atoms with Crippen molar-refractivity contribution in [1.29, 1.82) is 0 Å². The van der Waals surface area contributed by atoms with E-state index < -0.39 is 0 Å². The van der Waals surface area contributed by atoms with Gasteiger partial charge in [0.2, 0.25) is 0 Å². The van der Waals surface area contributed by atoms with Crippen LogP contribution in [0, 0.1) is 5.92 Å². The van der Waals surface area contributed by atoms with Crippen molar-refractivity contribution >= 4 is 0 Å². The molecule has 0 radical (unpaired) electrons. The molecule has 0 aromatic rings. The van der Waals surface area contributed by atoms with Crippen LogP contribution in [-0.4, -0.2) is 19.7 Å². The van der Waals surface area contributed by atoms with E-state index in [1.54, 1.807) is 0 Å². The van der Waals surface area contributed by atoms with Crippen molar-refractivity contribution < 1.29 is 9.13 Å². The molecule has 0 saturated heterocycles. The zero-order chi connectivity index (χ0) is 12.1. The predicted octanol–water partition coefficient (Wildman–Crippen LogP) is 3.17. The maximum Gasteiger partial charge on any atom is 0.150 e. The van der Waals surface area contributed by atoms with Crippen LogP contribution in [0.25, 0.3) is 0 Å². The second-order valence-corrected chi connectivity index (χ2v) is 4.72. The summed E-state index contributed by atoms with van der Waals surface area (Å²) in [7, 11) is 1.51. The molecule has 3 heteroatoms. The van der Waals surface area contributed by atoms with Crippen LogP contribution in [0.15, 0.2) is 23.2 Å². The summed E-state index contributed by atoms with van der Waals surface area (Å²) in [6, 6.07) is 0.292. The summed E-state index contributed by atoms with van der Waals surface area (Å²) in [5.74, 6) is 0.877. The maximum atomic E-state index is 13.3. The summed E-state index contributed by atoms with van der Waals surface area (Å²) in [6.07, 6.45) is 3.07. The minimum absolute atomic E-state index is 0.137. The number of hydrogen-bond donors (Lipinski definition) is 1. The second-order valence-electron chi connectivity index (χ2n) is 4.72. The highest BCUT2D eigenvalue weighted by Gasteiger charge is 2.17. The van der Waals surface area contributed by atoms with Crippen molar-refractivity contribution in [3.05, 3.63) is 23.2 Å². The van der Waals surface area contributed by atoms with Crippen molar-refractivity contribution in [3.8, 4) is 0 Å². The van der Waals surface area contributed by atoms with Gasteiger partial charge in [-0.3, -0.25) is 0 Å². The molecule has 1 aliphatic rings. The van der Waals surface area contributed by atoms with Crippen LogP contribution in [0.3, 0.4) is 0 Å². The second kappa shape index (κ2) is 6.04. The Bertz CT molecular complexity index is 294. The highest BCUT2D eigenvalue weighted by Crippen LogP contribution is 2.26. The molecule has 1 rings (SSSR count). The number of methoxy groups -OCH3 is 1. The molecular formula is C13H22FNO. The fourth-order valence-electron chi connectivity index (χ4n) is 1.75. The number of rotatable bonds is 5. The first-order valence-corrected chi connectivity index (χ1v) is 5.91. The van der Waals surface area contributed by atoms with Gasteiger partial charge in [-0.15, -0.1) is 0 Å². The number of hydrogen-bond acceptors (Lipinski definition) is 2. The highest BCUT2D eigenvalue weighted by molar-refractivity contribution is 5.29. The van der Waals surface area contributed by atoms with E-state index in [0.717, 1.165) is 13.0 Å². The average Bonchev–Trinajstić information content (AvgIpc) is 2.26. The van der Waals surface area contributed by atoms with Gasteiger partial charge < -0.3 is 10.1 Å². The molecule has 16 heavy (non-hydrogen) atoms. The van der Waals surface area contributed by atoms with E-state index in [1.165, 1.54) is 12.7 Å². The Kier molecular flexibility index (Phi) is 5.00. The SMILES string of the molecule is COC1=C(F)CCC([C@@H](C)NCC(C)C)=C1. The lowest BCUT2D eigenvalue weighted by Crippen LogP contribution is -2.31. The van der Waals surface area contributed by atoms with E-state index in [1.807, 2.05) is 6.08 Å². The molecule has 0 fully saturated rings. The maximum absolute atomic E-state index is 13.3. The Morgan fingerprint density at radius 3 is 2.62 bits per heavy atom. The summed E-state index contributed by atoms with van der Waals surface area (Å²) in [4.78, 5) is 0. The van der Waals surface area contributed by atoms with Gasteiger partial charge in [0.25, 0.3) is 0 Å². The molecule has 2 nitrogen and oxygen atoms in total. The van der Waals surface area contributed by atoms with E-state index in [-0.39, 0.29) is 5.83 Å². The van der Waals surface area contributed by atoms with Gasteiger partial charge in [-0.2, -0.15) is 0 Å². The number of nitrogens with one attached hydrogen (secondary N) is 1. The molecule has 0 aliphatic heterocycles. The topological polar surface area (TPSA) is 21.3 Å². The van der Waals surface area contributed by atoms with Crippen molar-refractivity contribution in [2.75, 3.05) is 13.7 Å². The van der Waals surface area contributed by atoms with Gasteiger partial charge in [0, 0.05) is 12.5 Å². The molecule has 0 aromatic carbocycles. The standard InChI is InChI=1S/C13H22FNO/c1-9(2)8-15-10(3)11-5-6-12(14)13(7-11)16-4/h7,9-10,15H,5-6,8H2,1-4H3/t10-/m1/s1. The molecule has 0 heterocycles. The van der Waals surface area contributed by atoms with Crippen LogP contribution in [0.1, 0.15) is 33.6 Å². The third-order valence-corrected chi connectivity index (χ3v) is 2.83. The smallest absolute Gasteiger partial charge is 0.150 e. The minimum Gasteiger partial charge on any atom is -0.494 e. The van der Waals surface area contributed by atoms with Gasteiger partial charge in [0.05, 0.1) is 7.11 Å². The van der Waals surface area contributed by atoms with Crippen molar-refractivity contribution in [3.63, 3.8) is 0 Å². The van der Waals surface area contributed by atoms with Gasteiger partial charge in [0.15, 0.2) is 0 Å². The monoisotopic (exact) mass is 227 g/mol. The normalized spacial score (nSPS) is 18.8. The largest absolute Gasteiger partial charge is 0.494 e. The van der Waals surface area contributed by atoms with E-state index >= 15 is 0 Å². The first kappa shape index (κ1) is 13.2. The Morgan fingerprint density at radius 2 is 2.06 bits per heavy atom. The summed E-state index contributed by atoms with van der Waals surface area (Å²) in [5, 5.41) is 3.44. The van der Waals surface area contributed by atoms with E-state index in [9.17, 15) is 4.39 Å². The Labute approximate surface area is 97.6 Å². The Morgan fingerprint density at radius 1 is 1.38 bits per heavy atom. The van der Waals surface area contributed by atoms with Crippen LogP contribution in [0.2, 0.25) is 0 Å². The quantitative estimate of drug-likeness (QED) is 0.779. The summed E-state index contributed by atoms with van der Waals surface area (Å²) < 4.78 is 18.3. The van der Waals surface area contributed by atoms with Crippen LogP contribution in [0.4, 0.5) is 4.39 Å². The number of allylic oxidation sites excluding steroid dienone is 2. The molecule has 0 bridgehead atoms. The third-order valence-electron chi connectivity index (χ3n) is 2.83. The fourth-order valence-corrected chi connectivity index (χ4v) is 1.75. The third kappa shape index (κ3) is 3.63. The van der Waals surface area contributed by atoms with Gasteiger partial charge >= 0.3 is 0 Å². The molecule has 1 aliphatic carbocycles. The van der Waals surface area contributed by atoms with E-state index in [2.05, 4.69) is 26.1 Å². The lowest BCUT2D eigenvalue weighted by Gasteiger charge is -2.22. The fraction of sp³-hybridized carbons (Fsp3) is 0.692. The molecular weight excluding hydrogens is 205 g/mol. The van der Waals surface area contributed by atoms with Crippen LogP contribution < -0.4 is 5.32 Å². The summed E-state index contributed by atoms with van der Waals surface area (Å²) in [6.45, 7) is 7.45. The lowest BCUT2D eigenvalue weighted by molar-refractivity contribution is 0.282. The van der Waals surface area contributed by atoms with Crippen LogP contribution >= 0.6 is 0 Å². The molecule has 1 atom stereocenters. The van der Waals surface area contributed by atoms with Crippen molar-refractivity contribution in [1.82, 2.24) is 5.32 Å².